The summed E-state index contributed by atoms with van der Waals surface area (Å²) < 4.78 is 12.0. The molecule has 1 heterocycles. The van der Waals surface area contributed by atoms with Crippen LogP contribution in [0, 0.1) is 11.3 Å². The summed E-state index contributed by atoms with van der Waals surface area (Å²) in [6.45, 7) is 4.65. The lowest BCUT2D eigenvalue weighted by Gasteiger charge is -2.60. The molecule has 0 bridgehead atoms. The van der Waals surface area contributed by atoms with Crippen molar-refractivity contribution < 1.29 is 24.8 Å². The van der Waals surface area contributed by atoms with Gasteiger partial charge in [-0.1, -0.05) is 36.7 Å². The van der Waals surface area contributed by atoms with Gasteiger partial charge in [-0.25, -0.2) is 0 Å². The molecular weight excluding hydrogens is 416 g/mol. The fourth-order valence-corrected chi connectivity index (χ4v) is 5.72. The number of ether oxygens (including phenoxy) is 2. The Morgan fingerprint density at radius 1 is 1.19 bits per heavy atom. The predicted molar refractivity (Wildman–Crippen MR) is 120 cm³/mol. The maximum atomic E-state index is 10.9. The van der Waals surface area contributed by atoms with Gasteiger partial charge in [-0.2, -0.15) is 0 Å². The number of fused-ring (bicyclic) bond motifs is 1. The first-order valence-electron chi connectivity index (χ1n) is 11.3. The second-order valence-corrected chi connectivity index (χ2v) is 9.83. The highest BCUT2D eigenvalue weighted by Crippen LogP contribution is 2.55. The number of hydrogen-bond donors (Lipinski definition) is 3. The van der Waals surface area contributed by atoms with Crippen molar-refractivity contribution in [1.82, 2.24) is 0 Å². The number of rotatable bonds is 7. The van der Waals surface area contributed by atoms with Gasteiger partial charge in [0.15, 0.2) is 0 Å². The summed E-state index contributed by atoms with van der Waals surface area (Å²) >= 11 is 6.57. The van der Waals surface area contributed by atoms with Crippen LogP contribution in [0.15, 0.2) is 47.0 Å². The van der Waals surface area contributed by atoms with Gasteiger partial charge >= 0.3 is 0 Å². The number of hydrogen-bond acceptors (Lipinski definition) is 5. The lowest BCUT2D eigenvalue weighted by atomic mass is 9.59. The molecule has 0 radical (unpaired) electrons. The lowest BCUT2D eigenvalue weighted by molar-refractivity contribution is -0.306. The maximum Gasteiger partial charge on any atom is 0.119 e. The minimum atomic E-state index is -0.977. The fraction of sp³-hybridized carbons (Fsp3) is 0.600. The average molecular weight is 449 g/mol. The molecule has 1 saturated heterocycles. The van der Waals surface area contributed by atoms with Crippen molar-refractivity contribution >= 4 is 11.6 Å². The molecule has 3 aliphatic rings. The first-order chi connectivity index (χ1) is 14.8. The van der Waals surface area contributed by atoms with Gasteiger partial charge in [0, 0.05) is 23.0 Å². The SMILES string of the molecule is CCOc1ccc(CC2=C(Cl)C=CC(C)(C3OC4(CCO)CCC4C(O)C3O)C2)cc1. The molecule has 6 atom stereocenters. The van der Waals surface area contributed by atoms with E-state index in [1.807, 2.05) is 43.3 Å². The molecule has 0 aromatic heterocycles. The quantitative estimate of drug-likeness (QED) is 0.592. The Labute approximate surface area is 189 Å². The van der Waals surface area contributed by atoms with Gasteiger partial charge in [-0.15, -0.1) is 0 Å². The number of aliphatic hydroxyl groups is 3. The molecule has 170 valence electrons. The lowest BCUT2D eigenvalue weighted by Crippen LogP contribution is -2.68. The Hall–Kier alpha value is -1.37. The van der Waals surface area contributed by atoms with Gasteiger partial charge < -0.3 is 24.8 Å². The molecular formula is C25H33ClO5. The Morgan fingerprint density at radius 2 is 1.94 bits per heavy atom. The molecule has 6 heteroatoms. The van der Waals surface area contributed by atoms with Crippen LogP contribution in [-0.4, -0.2) is 52.4 Å². The van der Waals surface area contributed by atoms with Crippen molar-refractivity contribution in [2.24, 2.45) is 11.3 Å². The smallest absolute Gasteiger partial charge is 0.119 e. The largest absolute Gasteiger partial charge is 0.494 e. The second-order valence-electron chi connectivity index (χ2n) is 9.42. The molecule has 1 aliphatic heterocycles. The van der Waals surface area contributed by atoms with Crippen LogP contribution in [-0.2, 0) is 11.2 Å². The third kappa shape index (κ3) is 4.19. The molecule has 2 fully saturated rings. The summed E-state index contributed by atoms with van der Waals surface area (Å²) in [5, 5.41) is 32.0. The molecule has 3 N–H and O–H groups in total. The Kier molecular flexibility index (Phi) is 6.53. The fourth-order valence-electron chi connectivity index (χ4n) is 5.53. The zero-order valence-corrected chi connectivity index (χ0v) is 19.0. The summed E-state index contributed by atoms with van der Waals surface area (Å²) in [5.74, 6) is 0.723. The van der Waals surface area contributed by atoms with E-state index < -0.39 is 29.3 Å². The van der Waals surface area contributed by atoms with E-state index >= 15 is 0 Å². The van der Waals surface area contributed by atoms with Crippen molar-refractivity contribution in [2.45, 2.75) is 69.9 Å². The van der Waals surface area contributed by atoms with Crippen LogP contribution < -0.4 is 4.74 Å². The van der Waals surface area contributed by atoms with E-state index in [1.165, 1.54) is 0 Å². The van der Waals surface area contributed by atoms with Gasteiger partial charge in [0.05, 0.1) is 24.4 Å². The highest BCUT2D eigenvalue weighted by molar-refractivity contribution is 6.31. The minimum Gasteiger partial charge on any atom is -0.494 e. The summed E-state index contributed by atoms with van der Waals surface area (Å²) in [5.41, 5.74) is 1.15. The zero-order chi connectivity index (χ0) is 22.2. The third-order valence-electron chi connectivity index (χ3n) is 7.37. The predicted octanol–water partition coefficient (Wildman–Crippen LogP) is 3.74. The highest BCUT2D eigenvalue weighted by atomic mass is 35.5. The number of benzene rings is 1. The molecule has 1 aromatic rings. The average Bonchev–Trinajstić information content (AvgIpc) is 2.73. The van der Waals surface area contributed by atoms with E-state index in [4.69, 9.17) is 21.1 Å². The monoisotopic (exact) mass is 448 g/mol. The number of aliphatic hydroxyl groups excluding tert-OH is 3. The van der Waals surface area contributed by atoms with E-state index in [0.29, 0.717) is 30.9 Å². The van der Waals surface area contributed by atoms with Crippen molar-refractivity contribution in [3.8, 4) is 5.75 Å². The molecule has 31 heavy (non-hydrogen) atoms. The van der Waals surface area contributed by atoms with Crippen molar-refractivity contribution in [1.29, 1.82) is 0 Å². The summed E-state index contributed by atoms with van der Waals surface area (Å²) in [6, 6.07) is 8.02. The molecule has 6 unspecified atom stereocenters. The van der Waals surface area contributed by atoms with Gasteiger partial charge in [0.25, 0.3) is 0 Å². The van der Waals surface area contributed by atoms with Crippen LogP contribution in [0.3, 0.4) is 0 Å². The van der Waals surface area contributed by atoms with Crippen LogP contribution in [0.1, 0.15) is 45.1 Å². The van der Waals surface area contributed by atoms with Crippen LogP contribution in [0.4, 0.5) is 0 Å². The van der Waals surface area contributed by atoms with Crippen molar-refractivity contribution in [3.63, 3.8) is 0 Å². The summed E-state index contributed by atoms with van der Waals surface area (Å²) in [4.78, 5) is 0. The standard InChI is InChI=1S/C25H33ClO5/c1-3-30-18-6-4-16(5-7-18)14-17-15-24(2,10-9-20(17)26)23-22(29)21(28)19-8-11-25(19,31-23)12-13-27/h4-7,9-10,19,21-23,27-29H,3,8,11-15H2,1-2H3. The van der Waals surface area contributed by atoms with Crippen LogP contribution in [0.2, 0.25) is 0 Å². The topological polar surface area (TPSA) is 79.2 Å². The molecule has 2 aliphatic carbocycles. The summed E-state index contributed by atoms with van der Waals surface area (Å²) in [6.07, 6.45) is 4.92. The van der Waals surface area contributed by atoms with Crippen LogP contribution >= 0.6 is 11.6 Å². The Balaban J connectivity index is 1.53. The molecule has 0 amide bonds. The third-order valence-corrected chi connectivity index (χ3v) is 7.76. The molecule has 0 spiro atoms. The van der Waals surface area contributed by atoms with E-state index in [1.54, 1.807) is 0 Å². The van der Waals surface area contributed by atoms with Crippen LogP contribution in [0.5, 0.6) is 5.75 Å². The van der Waals surface area contributed by atoms with E-state index in [9.17, 15) is 15.3 Å². The van der Waals surface area contributed by atoms with Gasteiger partial charge in [0.2, 0.25) is 0 Å². The Bertz CT molecular complexity index is 850. The minimum absolute atomic E-state index is 0.00725. The second kappa shape index (κ2) is 8.87. The van der Waals surface area contributed by atoms with Crippen LogP contribution in [0.25, 0.3) is 0 Å². The van der Waals surface area contributed by atoms with E-state index in [2.05, 4.69) is 6.92 Å². The van der Waals surface area contributed by atoms with Crippen molar-refractivity contribution in [3.05, 3.63) is 52.6 Å². The summed E-state index contributed by atoms with van der Waals surface area (Å²) in [7, 11) is 0. The van der Waals surface area contributed by atoms with Crippen molar-refractivity contribution in [2.75, 3.05) is 13.2 Å². The molecule has 1 saturated carbocycles. The Morgan fingerprint density at radius 3 is 2.55 bits per heavy atom. The van der Waals surface area contributed by atoms with E-state index in [0.717, 1.165) is 29.7 Å². The maximum absolute atomic E-state index is 10.9. The van der Waals surface area contributed by atoms with Gasteiger partial charge in [-0.05, 0) is 68.4 Å². The molecule has 1 aromatic carbocycles. The van der Waals surface area contributed by atoms with Gasteiger partial charge in [0.1, 0.15) is 11.9 Å². The van der Waals surface area contributed by atoms with E-state index in [-0.39, 0.29) is 12.5 Å². The normalized spacial score (nSPS) is 37.4. The zero-order valence-electron chi connectivity index (χ0n) is 18.3. The highest BCUT2D eigenvalue weighted by Gasteiger charge is 2.61. The molecule has 4 rings (SSSR count). The first kappa shape index (κ1) is 22.8. The molecule has 5 nitrogen and oxygen atoms in total. The van der Waals surface area contributed by atoms with Gasteiger partial charge in [-0.3, -0.25) is 0 Å². The first-order valence-corrected chi connectivity index (χ1v) is 11.6. The number of halogens is 1. The number of allylic oxidation sites excluding steroid dienone is 3.